The van der Waals surface area contributed by atoms with Crippen LogP contribution in [0.3, 0.4) is 0 Å². The maximum Gasteiger partial charge on any atom is 0.226 e. The number of thiazole rings is 1. The molecule has 1 N–H and O–H groups in total. The van der Waals surface area contributed by atoms with Gasteiger partial charge in [-0.25, -0.2) is 4.98 Å². The van der Waals surface area contributed by atoms with Crippen LogP contribution in [0.5, 0.6) is 5.75 Å². The van der Waals surface area contributed by atoms with Crippen molar-refractivity contribution in [3.8, 4) is 5.75 Å². The molecule has 0 spiro atoms. The zero-order valence-corrected chi connectivity index (χ0v) is 17.2. The minimum Gasteiger partial charge on any atom is -0.544 e. The van der Waals surface area contributed by atoms with Gasteiger partial charge in [0.05, 0.1) is 29.5 Å². The van der Waals surface area contributed by atoms with Crippen LogP contribution in [0.25, 0.3) is 0 Å². The van der Waals surface area contributed by atoms with Crippen LogP contribution in [0.1, 0.15) is 52.3 Å². The summed E-state index contributed by atoms with van der Waals surface area (Å²) >= 11 is 0.973. The van der Waals surface area contributed by atoms with Crippen LogP contribution in [0.4, 0.5) is 0 Å². The lowest BCUT2D eigenvalue weighted by Crippen LogP contribution is -2.29. The van der Waals surface area contributed by atoms with Gasteiger partial charge in [-0.2, -0.15) is 0 Å². The third kappa shape index (κ3) is 5.79. The Kier molecular flexibility index (Phi) is 6.59. The SMILES string of the molecule is Cc1ccc(C(C)(C)C)c(OCCNC(=O)Cc2nc(C)c(C(=O)[O-])s2)c1. The van der Waals surface area contributed by atoms with Crippen molar-refractivity contribution < 1.29 is 19.4 Å². The molecule has 0 aliphatic rings. The van der Waals surface area contributed by atoms with Crippen LogP contribution in [0.15, 0.2) is 18.2 Å². The molecule has 0 saturated heterocycles. The van der Waals surface area contributed by atoms with E-state index in [1.54, 1.807) is 6.92 Å². The van der Waals surface area contributed by atoms with Crippen LogP contribution < -0.4 is 15.2 Å². The van der Waals surface area contributed by atoms with Gasteiger partial charge in [0.25, 0.3) is 0 Å². The lowest BCUT2D eigenvalue weighted by Gasteiger charge is -2.23. The highest BCUT2D eigenvalue weighted by atomic mass is 32.1. The summed E-state index contributed by atoms with van der Waals surface area (Å²) in [6.07, 6.45) is 0.0382. The number of rotatable bonds is 7. The van der Waals surface area contributed by atoms with Crippen LogP contribution >= 0.6 is 11.3 Å². The van der Waals surface area contributed by atoms with Crippen LogP contribution in [-0.2, 0) is 16.6 Å². The van der Waals surface area contributed by atoms with Gasteiger partial charge in [0.15, 0.2) is 0 Å². The largest absolute Gasteiger partial charge is 0.544 e. The van der Waals surface area contributed by atoms with Crippen LogP contribution in [0.2, 0.25) is 0 Å². The lowest BCUT2D eigenvalue weighted by molar-refractivity contribution is -0.254. The maximum atomic E-state index is 12.0. The van der Waals surface area contributed by atoms with Gasteiger partial charge in [-0.1, -0.05) is 32.9 Å². The lowest BCUT2D eigenvalue weighted by atomic mass is 9.86. The molecule has 0 unspecified atom stereocenters. The van der Waals surface area contributed by atoms with Crippen molar-refractivity contribution in [2.24, 2.45) is 0 Å². The van der Waals surface area contributed by atoms with Crippen molar-refractivity contribution >= 4 is 23.2 Å². The standard InChI is InChI=1S/C20H26N2O4S/c1-12-6-7-14(20(3,4)5)15(10-12)26-9-8-21-16(23)11-17-22-13(2)18(27-17)19(24)25/h6-7,10H,8-9,11H2,1-5H3,(H,21,23)(H,24,25)/p-1. The third-order valence-electron chi connectivity index (χ3n) is 3.96. The van der Waals surface area contributed by atoms with Crippen LogP contribution in [0, 0.1) is 13.8 Å². The van der Waals surface area contributed by atoms with E-state index in [2.05, 4.69) is 43.2 Å². The second-order valence-corrected chi connectivity index (χ2v) is 8.52. The van der Waals surface area contributed by atoms with E-state index in [9.17, 15) is 14.7 Å². The van der Waals surface area contributed by atoms with E-state index >= 15 is 0 Å². The molecule has 7 heteroatoms. The number of benzene rings is 1. The number of nitrogens with zero attached hydrogens (tertiary/aromatic N) is 1. The van der Waals surface area contributed by atoms with Crippen molar-refractivity contribution in [3.63, 3.8) is 0 Å². The van der Waals surface area contributed by atoms with Crippen molar-refractivity contribution in [2.75, 3.05) is 13.2 Å². The van der Waals surface area contributed by atoms with Gasteiger partial charge >= 0.3 is 0 Å². The zero-order valence-electron chi connectivity index (χ0n) is 16.3. The Balaban J connectivity index is 1.87. The fourth-order valence-corrected chi connectivity index (χ4v) is 3.54. The number of hydrogen-bond acceptors (Lipinski definition) is 6. The number of aromatic carboxylic acids is 1. The highest BCUT2D eigenvalue weighted by Crippen LogP contribution is 2.32. The Labute approximate surface area is 163 Å². The first-order chi connectivity index (χ1) is 12.6. The fourth-order valence-electron chi connectivity index (χ4n) is 2.64. The van der Waals surface area contributed by atoms with Gasteiger partial charge < -0.3 is 20.0 Å². The van der Waals surface area contributed by atoms with Gasteiger partial charge in [0, 0.05) is 0 Å². The number of aromatic nitrogens is 1. The first kappa shape index (κ1) is 20.9. The Morgan fingerprint density at radius 2 is 1.96 bits per heavy atom. The van der Waals surface area contributed by atoms with E-state index in [1.807, 2.05) is 13.0 Å². The number of aryl methyl sites for hydroxylation is 2. The highest BCUT2D eigenvalue weighted by molar-refractivity contribution is 7.13. The average molecular weight is 389 g/mol. The van der Waals surface area contributed by atoms with Gasteiger partial charge in [0.2, 0.25) is 5.91 Å². The molecule has 6 nitrogen and oxygen atoms in total. The molecule has 2 aromatic rings. The fraction of sp³-hybridized carbons (Fsp3) is 0.450. The Morgan fingerprint density at radius 1 is 1.26 bits per heavy atom. The Hall–Kier alpha value is -2.41. The Bertz CT molecular complexity index is 837. The molecule has 0 bridgehead atoms. The maximum absolute atomic E-state index is 12.0. The summed E-state index contributed by atoms with van der Waals surface area (Å²) in [4.78, 5) is 27.1. The molecule has 2 rings (SSSR count). The second-order valence-electron chi connectivity index (χ2n) is 7.43. The van der Waals surface area contributed by atoms with E-state index in [0.29, 0.717) is 23.9 Å². The van der Waals surface area contributed by atoms with E-state index in [1.165, 1.54) is 0 Å². The number of carboxylic acid groups (broad SMARTS) is 1. The molecule has 0 atom stereocenters. The summed E-state index contributed by atoms with van der Waals surface area (Å²) in [6, 6.07) is 6.14. The van der Waals surface area contributed by atoms with E-state index < -0.39 is 5.97 Å². The topological polar surface area (TPSA) is 91.3 Å². The molecular weight excluding hydrogens is 364 g/mol. The molecule has 1 aromatic heterocycles. The molecule has 0 fully saturated rings. The number of carboxylic acids is 1. The molecule has 1 aromatic carbocycles. The predicted molar refractivity (Wildman–Crippen MR) is 103 cm³/mol. The number of hydrogen-bond donors (Lipinski definition) is 1. The Morgan fingerprint density at radius 3 is 2.56 bits per heavy atom. The monoisotopic (exact) mass is 389 g/mol. The minimum absolute atomic E-state index is 0.0360. The molecule has 0 aliphatic heterocycles. The smallest absolute Gasteiger partial charge is 0.226 e. The van der Waals surface area contributed by atoms with Crippen molar-refractivity contribution in [1.29, 1.82) is 0 Å². The number of nitrogens with one attached hydrogen (secondary N) is 1. The second kappa shape index (κ2) is 8.52. The first-order valence-corrected chi connectivity index (χ1v) is 9.58. The minimum atomic E-state index is -1.27. The summed E-state index contributed by atoms with van der Waals surface area (Å²) in [5.41, 5.74) is 2.57. The van der Waals surface area contributed by atoms with Crippen molar-refractivity contribution in [3.05, 3.63) is 44.9 Å². The van der Waals surface area contributed by atoms with Gasteiger partial charge in [-0.05, 0) is 36.5 Å². The molecule has 0 aliphatic carbocycles. The number of amides is 1. The van der Waals surface area contributed by atoms with Crippen molar-refractivity contribution in [1.82, 2.24) is 10.3 Å². The summed E-state index contributed by atoms with van der Waals surface area (Å²) in [5, 5.41) is 14.2. The first-order valence-electron chi connectivity index (χ1n) is 8.76. The average Bonchev–Trinajstić information content (AvgIpc) is 2.91. The van der Waals surface area contributed by atoms with E-state index in [-0.39, 0.29) is 22.6 Å². The molecule has 0 saturated carbocycles. The van der Waals surface area contributed by atoms with Crippen molar-refractivity contribution in [2.45, 2.75) is 46.5 Å². The molecule has 1 heterocycles. The summed E-state index contributed by atoms with van der Waals surface area (Å²) in [7, 11) is 0. The van der Waals surface area contributed by atoms with E-state index in [0.717, 1.165) is 28.2 Å². The molecule has 27 heavy (non-hydrogen) atoms. The van der Waals surface area contributed by atoms with Crippen LogP contribution in [-0.4, -0.2) is 30.0 Å². The molecule has 1 amide bonds. The zero-order chi connectivity index (χ0) is 20.2. The molecular formula is C20H25N2O4S-. The predicted octanol–water partition coefficient (Wildman–Crippen LogP) is 2.16. The summed E-state index contributed by atoms with van der Waals surface area (Å²) < 4.78 is 5.89. The summed E-state index contributed by atoms with van der Waals surface area (Å²) in [6.45, 7) is 10.7. The quantitative estimate of drug-likeness (QED) is 0.733. The van der Waals surface area contributed by atoms with Gasteiger partial charge in [0.1, 0.15) is 17.4 Å². The number of ether oxygens (including phenoxy) is 1. The number of carbonyl (C=O) groups is 2. The molecule has 0 radical (unpaired) electrons. The normalized spacial score (nSPS) is 11.3. The van der Waals surface area contributed by atoms with Gasteiger partial charge in [-0.3, -0.25) is 4.79 Å². The van der Waals surface area contributed by atoms with E-state index in [4.69, 9.17) is 4.74 Å². The highest BCUT2D eigenvalue weighted by Gasteiger charge is 2.19. The van der Waals surface area contributed by atoms with Gasteiger partial charge in [-0.15, -0.1) is 11.3 Å². The summed E-state index contributed by atoms with van der Waals surface area (Å²) in [5.74, 6) is -0.665. The molecule has 146 valence electrons. The third-order valence-corrected chi connectivity index (χ3v) is 5.10. The number of carbonyl (C=O) groups excluding carboxylic acids is 2.